The van der Waals surface area contributed by atoms with Crippen molar-refractivity contribution in [2.24, 2.45) is 5.73 Å². The molecule has 0 radical (unpaired) electrons. The summed E-state index contributed by atoms with van der Waals surface area (Å²) in [6.45, 7) is 1.65. The zero-order valence-corrected chi connectivity index (χ0v) is 7.17. The summed E-state index contributed by atoms with van der Waals surface area (Å²) in [5, 5.41) is 17.1. The molecule has 11 heavy (non-hydrogen) atoms. The molecule has 0 fully saturated rings. The second kappa shape index (κ2) is 5.40. The predicted molar refractivity (Wildman–Crippen MR) is 44.6 cm³/mol. The quantitative estimate of drug-likeness (QED) is 0.530. The second-order valence-electron chi connectivity index (χ2n) is 2.33. The molecular weight excluding hydrogens is 166 g/mol. The van der Waals surface area contributed by atoms with Crippen LogP contribution in [0.4, 0.5) is 0 Å². The molecular formula is C6H13NO3S. The molecule has 0 rings (SSSR count). The molecule has 1 unspecified atom stereocenters. The molecule has 0 aliphatic carbocycles. The third-order valence-corrected chi connectivity index (χ3v) is 2.29. The summed E-state index contributed by atoms with van der Waals surface area (Å²) >= 11 is 1.34. The number of carboxylic acid groups (broad SMARTS) is 1. The Balaban J connectivity index is 3.31. The number of carbonyl (C=O) groups is 1. The van der Waals surface area contributed by atoms with Gasteiger partial charge in [-0.3, -0.25) is 4.79 Å². The fourth-order valence-electron chi connectivity index (χ4n) is 0.437. The van der Waals surface area contributed by atoms with Crippen molar-refractivity contribution in [3.8, 4) is 0 Å². The Morgan fingerprint density at radius 3 is 2.55 bits per heavy atom. The molecule has 4 N–H and O–H groups in total. The second-order valence-corrected chi connectivity index (χ2v) is 3.41. The van der Waals surface area contributed by atoms with E-state index < -0.39 is 18.1 Å². The van der Waals surface area contributed by atoms with Gasteiger partial charge in [-0.05, 0) is 6.92 Å². The number of hydrogen-bond acceptors (Lipinski definition) is 4. The van der Waals surface area contributed by atoms with Gasteiger partial charge >= 0.3 is 5.97 Å². The number of carboxylic acids is 1. The molecule has 0 amide bonds. The van der Waals surface area contributed by atoms with E-state index in [2.05, 4.69) is 0 Å². The highest BCUT2D eigenvalue weighted by atomic mass is 32.2. The molecule has 0 saturated heterocycles. The maximum absolute atomic E-state index is 10.2. The molecule has 0 aliphatic heterocycles. The van der Waals surface area contributed by atoms with Gasteiger partial charge in [0.15, 0.2) is 0 Å². The lowest BCUT2D eigenvalue weighted by Crippen LogP contribution is -2.32. The molecule has 0 bridgehead atoms. The Kier molecular flexibility index (Phi) is 5.27. The van der Waals surface area contributed by atoms with Crippen LogP contribution in [0.3, 0.4) is 0 Å². The van der Waals surface area contributed by atoms with Gasteiger partial charge in [-0.2, -0.15) is 11.8 Å². The van der Waals surface area contributed by atoms with E-state index in [0.717, 1.165) is 0 Å². The van der Waals surface area contributed by atoms with Gasteiger partial charge in [0.2, 0.25) is 0 Å². The summed E-state index contributed by atoms with van der Waals surface area (Å²) in [4.78, 5) is 10.2. The summed E-state index contributed by atoms with van der Waals surface area (Å²) in [7, 11) is 0. The summed E-state index contributed by atoms with van der Waals surface area (Å²) in [5.74, 6) is -0.121. The first kappa shape index (κ1) is 10.7. The third-order valence-electron chi connectivity index (χ3n) is 0.974. The van der Waals surface area contributed by atoms with Crippen LogP contribution in [0.25, 0.3) is 0 Å². The number of aliphatic hydroxyl groups excluding tert-OH is 1. The van der Waals surface area contributed by atoms with E-state index in [1.807, 2.05) is 0 Å². The topological polar surface area (TPSA) is 83.5 Å². The van der Waals surface area contributed by atoms with Gasteiger partial charge in [0.05, 0.1) is 6.10 Å². The molecule has 0 aromatic rings. The van der Waals surface area contributed by atoms with Crippen LogP contribution in [0.5, 0.6) is 0 Å². The maximum Gasteiger partial charge on any atom is 0.321 e. The number of aliphatic hydroxyl groups is 1. The van der Waals surface area contributed by atoms with E-state index in [0.29, 0.717) is 11.5 Å². The van der Waals surface area contributed by atoms with Gasteiger partial charge in [0.1, 0.15) is 6.04 Å². The van der Waals surface area contributed by atoms with E-state index in [9.17, 15) is 4.79 Å². The highest BCUT2D eigenvalue weighted by Gasteiger charge is 2.10. The molecule has 66 valence electrons. The molecule has 0 aliphatic rings. The van der Waals surface area contributed by atoms with Crippen LogP contribution in [-0.4, -0.2) is 39.8 Å². The fraction of sp³-hybridized carbons (Fsp3) is 0.833. The van der Waals surface area contributed by atoms with Crippen molar-refractivity contribution in [3.05, 3.63) is 0 Å². The van der Waals surface area contributed by atoms with E-state index in [-0.39, 0.29) is 0 Å². The zero-order valence-electron chi connectivity index (χ0n) is 6.36. The lowest BCUT2D eigenvalue weighted by atomic mass is 10.4. The Morgan fingerprint density at radius 1 is 1.64 bits per heavy atom. The summed E-state index contributed by atoms with van der Waals surface area (Å²) in [6.07, 6.45) is -0.402. The van der Waals surface area contributed by atoms with E-state index in [1.54, 1.807) is 6.92 Å². The molecule has 4 nitrogen and oxygen atoms in total. The first-order valence-electron chi connectivity index (χ1n) is 3.28. The molecule has 0 aromatic heterocycles. The van der Waals surface area contributed by atoms with Crippen LogP contribution in [0.15, 0.2) is 0 Å². The smallest absolute Gasteiger partial charge is 0.321 e. The SMILES string of the molecule is CC(O)CSC[C@@H](N)C(=O)O. The number of aliphatic carboxylic acids is 1. The van der Waals surface area contributed by atoms with Crippen LogP contribution in [0, 0.1) is 0 Å². The number of rotatable bonds is 5. The van der Waals surface area contributed by atoms with E-state index in [1.165, 1.54) is 11.8 Å². The lowest BCUT2D eigenvalue weighted by Gasteiger charge is -2.06. The minimum Gasteiger partial charge on any atom is -0.480 e. The summed E-state index contributed by atoms with van der Waals surface area (Å²) in [6, 6.07) is -0.821. The van der Waals surface area contributed by atoms with Crippen LogP contribution >= 0.6 is 11.8 Å². The normalized spacial score (nSPS) is 15.9. The van der Waals surface area contributed by atoms with E-state index >= 15 is 0 Å². The average molecular weight is 179 g/mol. The highest BCUT2D eigenvalue weighted by Crippen LogP contribution is 2.03. The molecule has 5 heteroatoms. The number of thioether (sulfide) groups is 1. The third kappa shape index (κ3) is 6.15. The van der Waals surface area contributed by atoms with E-state index in [4.69, 9.17) is 15.9 Å². The first-order valence-corrected chi connectivity index (χ1v) is 4.43. The monoisotopic (exact) mass is 179 g/mol. The summed E-state index contributed by atoms with van der Waals surface area (Å²) < 4.78 is 0. The minimum atomic E-state index is -0.997. The van der Waals surface area contributed by atoms with Crippen LogP contribution in [0.2, 0.25) is 0 Å². The van der Waals surface area contributed by atoms with Crippen molar-refractivity contribution in [1.29, 1.82) is 0 Å². The van der Waals surface area contributed by atoms with Crippen molar-refractivity contribution in [3.63, 3.8) is 0 Å². The van der Waals surface area contributed by atoms with Gasteiger partial charge in [-0.25, -0.2) is 0 Å². The Morgan fingerprint density at radius 2 is 2.18 bits per heavy atom. The Hall–Kier alpha value is -0.260. The molecule has 2 atom stereocenters. The van der Waals surface area contributed by atoms with Crippen molar-refractivity contribution in [1.82, 2.24) is 0 Å². The average Bonchev–Trinajstić information content (AvgIpc) is 1.86. The molecule has 0 heterocycles. The molecule has 0 spiro atoms. The van der Waals surface area contributed by atoms with Crippen molar-refractivity contribution in [2.75, 3.05) is 11.5 Å². The molecule has 0 saturated carbocycles. The van der Waals surface area contributed by atoms with Gasteiger partial charge in [0.25, 0.3) is 0 Å². The number of nitrogens with two attached hydrogens (primary N) is 1. The summed E-state index contributed by atoms with van der Waals surface area (Å²) in [5.41, 5.74) is 5.20. The Bertz CT molecular complexity index is 129. The Labute approximate surface area is 69.8 Å². The van der Waals surface area contributed by atoms with Gasteiger partial charge in [-0.1, -0.05) is 0 Å². The lowest BCUT2D eigenvalue weighted by molar-refractivity contribution is -0.137. The highest BCUT2D eigenvalue weighted by molar-refractivity contribution is 7.99. The van der Waals surface area contributed by atoms with Crippen LogP contribution in [0.1, 0.15) is 6.92 Å². The van der Waals surface area contributed by atoms with Crippen LogP contribution in [-0.2, 0) is 4.79 Å². The van der Waals surface area contributed by atoms with Crippen molar-refractivity contribution < 1.29 is 15.0 Å². The first-order chi connectivity index (χ1) is 5.04. The van der Waals surface area contributed by atoms with Crippen LogP contribution < -0.4 is 5.73 Å². The predicted octanol–water partition coefficient (Wildman–Crippen LogP) is -0.488. The van der Waals surface area contributed by atoms with Crippen molar-refractivity contribution >= 4 is 17.7 Å². The fourth-order valence-corrected chi connectivity index (χ4v) is 1.31. The van der Waals surface area contributed by atoms with Gasteiger partial charge < -0.3 is 15.9 Å². The molecule has 0 aromatic carbocycles. The van der Waals surface area contributed by atoms with Gasteiger partial charge in [-0.15, -0.1) is 0 Å². The number of hydrogen-bond donors (Lipinski definition) is 3. The largest absolute Gasteiger partial charge is 0.480 e. The standard InChI is InChI=1S/C6H13NO3S/c1-4(8)2-11-3-5(7)6(9)10/h4-5,8H,2-3,7H2,1H3,(H,9,10)/t4?,5-/m1/s1. The zero-order chi connectivity index (χ0) is 8.85. The maximum atomic E-state index is 10.2. The minimum absolute atomic E-state index is 0.347. The van der Waals surface area contributed by atoms with Crippen molar-refractivity contribution in [2.45, 2.75) is 19.1 Å². The van der Waals surface area contributed by atoms with Gasteiger partial charge in [0, 0.05) is 11.5 Å².